The molecule has 1 aromatic carbocycles. The van der Waals surface area contributed by atoms with Gasteiger partial charge in [0.25, 0.3) is 5.60 Å². The topological polar surface area (TPSA) is 85.7 Å². The molecule has 0 unspecified atom stereocenters. The molecule has 0 fully saturated rings. The number of rotatable bonds is 6. The second-order valence-electron chi connectivity index (χ2n) is 4.97. The number of carbonyl (C=O) groups is 2. The van der Waals surface area contributed by atoms with Crippen molar-refractivity contribution in [1.82, 2.24) is 4.98 Å². The minimum atomic E-state index is -2.40. The number of nitrogens with zero attached hydrogens (tertiary/aromatic N) is 1. The molecule has 1 N–H and O–H groups in total. The van der Waals surface area contributed by atoms with Crippen molar-refractivity contribution in [2.24, 2.45) is 0 Å². The Balaban J connectivity index is 2.34. The highest BCUT2D eigenvalue weighted by atomic mass is 16.6. The number of hydrogen-bond acceptors (Lipinski definition) is 6. The van der Waals surface area contributed by atoms with Gasteiger partial charge < -0.3 is 14.6 Å². The predicted octanol–water partition coefficient (Wildman–Crippen LogP) is 1.63. The van der Waals surface area contributed by atoms with Crippen molar-refractivity contribution >= 4 is 22.8 Å². The first kappa shape index (κ1) is 16.9. The molecule has 6 heteroatoms. The summed E-state index contributed by atoms with van der Waals surface area (Å²) in [6.45, 7) is 3.28. The number of benzene rings is 1. The van der Waals surface area contributed by atoms with E-state index < -0.39 is 17.5 Å². The largest absolute Gasteiger partial charge is 0.463 e. The number of ether oxygens (including phenoxy) is 2. The van der Waals surface area contributed by atoms with Crippen LogP contribution in [0.1, 0.15) is 19.5 Å². The zero-order valence-corrected chi connectivity index (χ0v) is 13.1. The fourth-order valence-electron chi connectivity index (χ4n) is 2.20. The van der Waals surface area contributed by atoms with Gasteiger partial charge >= 0.3 is 11.9 Å². The number of esters is 2. The monoisotopic (exact) mass is 317 g/mol. The lowest BCUT2D eigenvalue weighted by Crippen LogP contribution is -2.50. The van der Waals surface area contributed by atoms with E-state index in [0.717, 1.165) is 5.39 Å². The minimum Gasteiger partial charge on any atom is -0.463 e. The van der Waals surface area contributed by atoms with E-state index in [1.807, 2.05) is 30.3 Å². The molecule has 0 aliphatic carbocycles. The molecule has 0 aliphatic heterocycles. The molecule has 1 heterocycles. The minimum absolute atomic E-state index is 0.0473. The van der Waals surface area contributed by atoms with Crippen LogP contribution in [0, 0.1) is 0 Å². The molecule has 1 aromatic heterocycles. The molecular weight excluding hydrogens is 298 g/mol. The van der Waals surface area contributed by atoms with Gasteiger partial charge in [-0.1, -0.05) is 24.3 Å². The SMILES string of the molecule is CCOC(=O)C(O)(Cc1ccc2ccccc2n1)C(=O)OCC. The Kier molecular flexibility index (Phi) is 5.28. The third-order valence-electron chi connectivity index (χ3n) is 3.32. The summed E-state index contributed by atoms with van der Waals surface area (Å²) in [5.41, 5.74) is -1.30. The molecule has 0 spiro atoms. The van der Waals surface area contributed by atoms with E-state index in [2.05, 4.69) is 4.98 Å². The molecule has 0 bridgehead atoms. The molecule has 122 valence electrons. The summed E-state index contributed by atoms with van der Waals surface area (Å²) in [5, 5.41) is 11.5. The first-order valence-electron chi connectivity index (χ1n) is 7.42. The maximum Gasteiger partial charge on any atom is 0.350 e. The maximum absolute atomic E-state index is 12.0. The van der Waals surface area contributed by atoms with Crippen molar-refractivity contribution in [2.75, 3.05) is 13.2 Å². The Bertz CT molecular complexity index is 695. The summed E-state index contributed by atoms with van der Waals surface area (Å²) in [6, 6.07) is 10.9. The van der Waals surface area contributed by atoms with Crippen LogP contribution in [0.5, 0.6) is 0 Å². The number of aliphatic hydroxyl groups is 1. The van der Waals surface area contributed by atoms with Gasteiger partial charge in [0.2, 0.25) is 0 Å². The van der Waals surface area contributed by atoms with E-state index in [-0.39, 0.29) is 19.6 Å². The fraction of sp³-hybridized carbons (Fsp3) is 0.353. The van der Waals surface area contributed by atoms with E-state index in [0.29, 0.717) is 11.2 Å². The highest BCUT2D eigenvalue weighted by molar-refractivity contribution is 6.03. The first-order chi connectivity index (χ1) is 11.0. The van der Waals surface area contributed by atoms with E-state index >= 15 is 0 Å². The lowest BCUT2D eigenvalue weighted by molar-refractivity contribution is -0.183. The first-order valence-corrected chi connectivity index (χ1v) is 7.42. The average molecular weight is 317 g/mol. The lowest BCUT2D eigenvalue weighted by atomic mass is 9.97. The summed E-state index contributed by atoms with van der Waals surface area (Å²) < 4.78 is 9.63. The standard InChI is InChI=1S/C17H19NO5/c1-3-22-15(19)17(21,16(20)23-4-2)11-13-10-9-12-7-5-6-8-14(12)18-13/h5-10,21H,3-4,11H2,1-2H3. The van der Waals surface area contributed by atoms with Crippen LogP contribution >= 0.6 is 0 Å². The van der Waals surface area contributed by atoms with Crippen LogP contribution < -0.4 is 0 Å². The quantitative estimate of drug-likeness (QED) is 0.644. The van der Waals surface area contributed by atoms with Gasteiger partial charge in [-0.3, -0.25) is 4.98 Å². The van der Waals surface area contributed by atoms with Gasteiger partial charge in [-0.2, -0.15) is 0 Å². The molecular formula is C17H19NO5. The number of carbonyl (C=O) groups excluding carboxylic acids is 2. The Morgan fingerprint density at radius 2 is 1.65 bits per heavy atom. The van der Waals surface area contributed by atoms with Gasteiger partial charge in [0, 0.05) is 17.5 Å². The smallest absolute Gasteiger partial charge is 0.350 e. The molecule has 2 aromatic rings. The highest BCUT2D eigenvalue weighted by Gasteiger charge is 2.47. The average Bonchev–Trinajstić information content (AvgIpc) is 2.55. The molecule has 0 radical (unpaired) electrons. The van der Waals surface area contributed by atoms with Crippen molar-refractivity contribution in [1.29, 1.82) is 0 Å². The van der Waals surface area contributed by atoms with Crippen molar-refractivity contribution in [3.63, 3.8) is 0 Å². The maximum atomic E-state index is 12.0. The zero-order valence-electron chi connectivity index (χ0n) is 13.1. The van der Waals surface area contributed by atoms with Crippen molar-refractivity contribution in [2.45, 2.75) is 25.9 Å². The van der Waals surface area contributed by atoms with Gasteiger partial charge in [0.1, 0.15) is 0 Å². The molecule has 23 heavy (non-hydrogen) atoms. The molecule has 0 saturated carbocycles. The molecule has 2 rings (SSSR count). The number of fused-ring (bicyclic) bond motifs is 1. The summed E-state index contributed by atoms with van der Waals surface area (Å²) >= 11 is 0. The van der Waals surface area contributed by atoms with Crippen LogP contribution in [0.2, 0.25) is 0 Å². The van der Waals surface area contributed by atoms with Crippen LogP contribution in [0.25, 0.3) is 10.9 Å². The van der Waals surface area contributed by atoms with Crippen molar-refractivity contribution < 1.29 is 24.2 Å². The summed E-state index contributed by atoms with van der Waals surface area (Å²) in [7, 11) is 0. The summed E-state index contributed by atoms with van der Waals surface area (Å²) in [5.74, 6) is -2.07. The lowest BCUT2D eigenvalue weighted by Gasteiger charge is -2.23. The van der Waals surface area contributed by atoms with Crippen molar-refractivity contribution in [3.05, 3.63) is 42.1 Å². The second-order valence-corrected chi connectivity index (χ2v) is 4.97. The van der Waals surface area contributed by atoms with Gasteiger partial charge in [-0.15, -0.1) is 0 Å². The number of aromatic nitrogens is 1. The van der Waals surface area contributed by atoms with E-state index in [1.165, 1.54) is 0 Å². The molecule has 0 atom stereocenters. The van der Waals surface area contributed by atoms with E-state index in [1.54, 1.807) is 19.9 Å². The van der Waals surface area contributed by atoms with Gasteiger partial charge in [-0.05, 0) is 26.0 Å². The zero-order chi connectivity index (χ0) is 16.9. The van der Waals surface area contributed by atoms with Crippen LogP contribution in [0.15, 0.2) is 36.4 Å². The van der Waals surface area contributed by atoms with E-state index in [9.17, 15) is 14.7 Å². The molecule has 6 nitrogen and oxygen atoms in total. The predicted molar refractivity (Wildman–Crippen MR) is 83.7 cm³/mol. The van der Waals surface area contributed by atoms with Crippen LogP contribution in [-0.2, 0) is 25.5 Å². The Labute approximate surface area is 134 Å². The summed E-state index contributed by atoms with van der Waals surface area (Å²) in [6.07, 6.45) is -0.310. The van der Waals surface area contributed by atoms with Crippen LogP contribution in [0.4, 0.5) is 0 Å². The normalized spacial score (nSPS) is 11.3. The summed E-state index contributed by atoms with van der Waals surface area (Å²) in [4.78, 5) is 28.5. The van der Waals surface area contributed by atoms with Crippen LogP contribution in [-0.4, -0.2) is 40.8 Å². The molecule has 0 saturated heterocycles. The fourth-order valence-corrected chi connectivity index (χ4v) is 2.20. The van der Waals surface area contributed by atoms with E-state index in [4.69, 9.17) is 9.47 Å². The Hall–Kier alpha value is -2.47. The highest BCUT2D eigenvalue weighted by Crippen LogP contribution is 2.19. The Morgan fingerprint density at radius 3 is 2.26 bits per heavy atom. The van der Waals surface area contributed by atoms with Crippen molar-refractivity contribution in [3.8, 4) is 0 Å². The number of hydrogen-bond donors (Lipinski definition) is 1. The van der Waals surface area contributed by atoms with Gasteiger partial charge in [-0.25, -0.2) is 9.59 Å². The van der Waals surface area contributed by atoms with Gasteiger partial charge in [0.05, 0.1) is 18.7 Å². The van der Waals surface area contributed by atoms with Crippen LogP contribution in [0.3, 0.4) is 0 Å². The van der Waals surface area contributed by atoms with Gasteiger partial charge in [0.15, 0.2) is 0 Å². The third kappa shape index (κ3) is 3.65. The number of para-hydroxylation sites is 1. The molecule has 0 aliphatic rings. The molecule has 0 amide bonds. The number of pyridine rings is 1. The second kappa shape index (κ2) is 7.19. The Morgan fingerprint density at radius 1 is 1.04 bits per heavy atom. The third-order valence-corrected chi connectivity index (χ3v) is 3.32.